The quantitative estimate of drug-likeness (QED) is 0.202. The van der Waals surface area contributed by atoms with Gasteiger partial charge in [-0.3, -0.25) is 14.4 Å². The van der Waals surface area contributed by atoms with Crippen molar-refractivity contribution in [3.8, 4) is 5.75 Å². The summed E-state index contributed by atoms with van der Waals surface area (Å²) in [5.74, 6) is -0.344. The Labute approximate surface area is 254 Å². The lowest BCUT2D eigenvalue weighted by Crippen LogP contribution is -2.53. The van der Waals surface area contributed by atoms with Crippen LogP contribution in [-0.2, 0) is 19.9 Å². The van der Waals surface area contributed by atoms with Crippen molar-refractivity contribution in [1.29, 1.82) is 0 Å². The molecule has 2 unspecified atom stereocenters. The molecule has 0 bridgehead atoms. The van der Waals surface area contributed by atoms with Crippen LogP contribution in [0.3, 0.4) is 0 Å². The van der Waals surface area contributed by atoms with Gasteiger partial charge in [-0.1, -0.05) is 18.7 Å². The van der Waals surface area contributed by atoms with Gasteiger partial charge in [0.05, 0.1) is 28.8 Å². The molecule has 1 aliphatic heterocycles. The fraction of sp³-hybridized carbons (Fsp3) is 0.406. The fourth-order valence-electron chi connectivity index (χ4n) is 6.75. The average molecular weight is 604 g/mol. The summed E-state index contributed by atoms with van der Waals surface area (Å²) in [7, 11) is 0. The zero-order chi connectivity index (χ0) is 30.5. The number of aryl methyl sites for hydroxylation is 1. The number of thiophene rings is 1. The molecule has 3 aliphatic rings. The molecule has 10 nitrogen and oxygen atoms in total. The van der Waals surface area contributed by atoms with Crippen LogP contribution in [-0.4, -0.2) is 49.0 Å². The molecule has 2 aromatic carbocycles. The van der Waals surface area contributed by atoms with Gasteiger partial charge >= 0.3 is 0 Å². The van der Waals surface area contributed by atoms with E-state index in [2.05, 4.69) is 17.2 Å². The maximum atomic E-state index is 14.2. The molecule has 2 heterocycles. The molecule has 0 spiro atoms. The normalized spacial score (nSPS) is 25.5. The number of hydrogen-bond donors (Lipinski definition) is 5. The molecule has 2 aliphatic carbocycles. The Morgan fingerprint density at radius 2 is 1.79 bits per heavy atom. The first-order valence-corrected chi connectivity index (χ1v) is 15.5. The Kier molecular flexibility index (Phi) is 7.76. The van der Waals surface area contributed by atoms with Gasteiger partial charge in [-0.15, -0.1) is 11.3 Å². The number of ketones is 1. The lowest BCUT2D eigenvalue weighted by atomic mass is 9.69. The van der Waals surface area contributed by atoms with E-state index in [1.54, 1.807) is 12.1 Å². The number of anilines is 1. The van der Waals surface area contributed by atoms with Crippen molar-refractivity contribution in [2.45, 2.75) is 68.8 Å². The van der Waals surface area contributed by atoms with Crippen LogP contribution in [0.25, 0.3) is 10.1 Å². The Morgan fingerprint density at radius 1 is 1.09 bits per heavy atom. The van der Waals surface area contributed by atoms with E-state index >= 15 is 0 Å². The topological polar surface area (TPSA) is 172 Å². The molecule has 3 aromatic rings. The van der Waals surface area contributed by atoms with Crippen LogP contribution in [0.2, 0.25) is 0 Å². The molecule has 1 saturated heterocycles. The Balaban J connectivity index is 1.37. The monoisotopic (exact) mass is 603 g/mol. The van der Waals surface area contributed by atoms with Crippen molar-refractivity contribution in [3.63, 3.8) is 0 Å². The van der Waals surface area contributed by atoms with E-state index < -0.39 is 17.4 Å². The Hall–Kier alpha value is -3.77. The second-order valence-electron chi connectivity index (χ2n) is 11.6. The van der Waals surface area contributed by atoms with Crippen LogP contribution < -0.4 is 32.6 Å². The molecule has 43 heavy (non-hydrogen) atoms. The lowest BCUT2D eigenvalue weighted by Gasteiger charge is -2.37. The smallest absolute Gasteiger partial charge is 0.262 e. The number of carbonyl (C=O) groups excluding carboxylic acids is 3. The van der Waals surface area contributed by atoms with Gasteiger partial charge in [0.15, 0.2) is 5.78 Å². The minimum absolute atomic E-state index is 0.0722. The number of amides is 2. The van der Waals surface area contributed by atoms with Crippen molar-refractivity contribution in [2.24, 2.45) is 11.5 Å². The summed E-state index contributed by atoms with van der Waals surface area (Å²) >= 11 is 1.21. The highest BCUT2D eigenvalue weighted by Crippen LogP contribution is 2.50. The van der Waals surface area contributed by atoms with E-state index in [4.69, 9.17) is 26.7 Å². The van der Waals surface area contributed by atoms with E-state index in [0.717, 1.165) is 31.2 Å². The second-order valence-corrected chi connectivity index (χ2v) is 12.7. The van der Waals surface area contributed by atoms with Gasteiger partial charge in [0.25, 0.3) is 5.91 Å². The zero-order valence-corrected chi connectivity index (χ0v) is 24.9. The van der Waals surface area contributed by atoms with Crippen molar-refractivity contribution in [2.75, 3.05) is 18.9 Å². The summed E-state index contributed by atoms with van der Waals surface area (Å²) in [6.45, 7) is 6.75. The van der Waals surface area contributed by atoms with Crippen LogP contribution >= 0.6 is 11.3 Å². The molecule has 2 fully saturated rings. The average Bonchev–Trinajstić information content (AvgIpc) is 3.61. The molecule has 1 saturated carbocycles. The van der Waals surface area contributed by atoms with E-state index in [-0.39, 0.29) is 30.0 Å². The van der Waals surface area contributed by atoms with Crippen LogP contribution in [0.15, 0.2) is 43.0 Å². The van der Waals surface area contributed by atoms with E-state index in [1.165, 1.54) is 17.4 Å². The van der Waals surface area contributed by atoms with Gasteiger partial charge in [0, 0.05) is 41.6 Å². The predicted octanol–water partition coefficient (Wildman–Crippen LogP) is 3.09. The number of nitrogens with one attached hydrogen (secondary N) is 2. The van der Waals surface area contributed by atoms with Gasteiger partial charge in [-0.2, -0.15) is 0 Å². The van der Waals surface area contributed by atoms with Gasteiger partial charge < -0.3 is 37.3 Å². The number of carbonyl (C=O) groups is 3. The number of ether oxygens (including phenoxy) is 2. The van der Waals surface area contributed by atoms with Crippen LogP contribution in [0, 0.1) is 6.92 Å². The minimum Gasteiger partial charge on any atom is -0.490 e. The summed E-state index contributed by atoms with van der Waals surface area (Å²) < 4.78 is 12.3. The first-order valence-electron chi connectivity index (χ1n) is 14.7. The van der Waals surface area contributed by atoms with Crippen LogP contribution in [0.4, 0.5) is 5.69 Å². The van der Waals surface area contributed by atoms with Crippen molar-refractivity contribution >= 4 is 44.7 Å². The van der Waals surface area contributed by atoms with E-state index in [0.29, 0.717) is 62.7 Å². The number of benzene rings is 2. The lowest BCUT2D eigenvalue weighted by molar-refractivity contribution is -0.124. The third-order valence-electron chi connectivity index (χ3n) is 8.96. The molecule has 11 heteroatoms. The molecule has 2 amide bonds. The van der Waals surface area contributed by atoms with E-state index in [1.807, 2.05) is 25.1 Å². The van der Waals surface area contributed by atoms with Crippen LogP contribution in [0.5, 0.6) is 5.75 Å². The van der Waals surface area contributed by atoms with Gasteiger partial charge in [0.1, 0.15) is 17.4 Å². The number of Topliss-reactive ketones (excluding diaryl/α,β-unsaturated/α-hetero) is 1. The number of rotatable bonds is 7. The number of hydrogen-bond acceptors (Lipinski definition) is 9. The SMILES string of the molecule is C=CC(=O)N[C@H]1CCC[C@H]1NC(=O)c1sc2c(N)ccc3c2c1C(N)C(=O)C3(N)c1ccc(OC2CCOCC2)cc1C. The molecular weight excluding hydrogens is 566 g/mol. The Morgan fingerprint density at radius 3 is 2.49 bits per heavy atom. The van der Waals surface area contributed by atoms with E-state index in [9.17, 15) is 14.4 Å². The maximum absolute atomic E-state index is 14.2. The van der Waals surface area contributed by atoms with Crippen LogP contribution in [0.1, 0.15) is 70.1 Å². The third-order valence-corrected chi connectivity index (χ3v) is 10.2. The molecule has 0 radical (unpaired) electrons. The Bertz CT molecular complexity index is 1630. The first-order chi connectivity index (χ1) is 20.6. The fourth-order valence-corrected chi connectivity index (χ4v) is 7.95. The molecule has 4 atom stereocenters. The number of nitrogens with two attached hydrogens (primary N) is 3. The summed E-state index contributed by atoms with van der Waals surface area (Å²) in [5, 5.41) is 6.62. The van der Waals surface area contributed by atoms with Crippen molar-refractivity contribution < 1.29 is 23.9 Å². The zero-order valence-electron chi connectivity index (χ0n) is 24.1. The summed E-state index contributed by atoms with van der Waals surface area (Å²) in [6, 6.07) is 7.44. The number of nitrogen functional groups attached to an aromatic ring is 1. The molecule has 226 valence electrons. The molecule has 8 N–H and O–H groups in total. The maximum Gasteiger partial charge on any atom is 0.262 e. The standard InChI is InChI=1S/C32H37N5O5S/c1-3-24(38)36-22-5-4-6-23(22)37-31(40)29-26-25-20(9-10-21(33)28(25)43-29)32(35,30(39)27(26)34)19-8-7-18(15-16(19)2)42-17-11-13-41-14-12-17/h3,7-10,15,17,22-23,27H,1,4-6,11-14,33-35H2,2H3,(H,36,38)(H,37,40)/t22-,23+,27?,32?/m0/s1. The first kappa shape index (κ1) is 29.3. The summed E-state index contributed by atoms with van der Waals surface area (Å²) in [4.78, 5) is 40.2. The van der Waals surface area contributed by atoms with Gasteiger partial charge in [-0.25, -0.2) is 0 Å². The highest BCUT2D eigenvalue weighted by molar-refractivity contribution is 7.21. The predicted molar refractivity (Wildman–Crippen MR) is 166 cm³/mol. The summed E-state index contributed by atoms with van der Waals surface area (Å²) in [6.07, 6.45) is 5.24. The van der Waals surface area contributed by atoms with Gasteiger partial charge in [-0.05, 0) is 67.2 Å². The highest BCUT2D eigenvalue weighted by Gasteiger charge is 2.49. The molecule has 6 rings (SSSR count). The summed E-state index contributed by atoms with van der Waals surface area (Å²) in [5.41, 5.74) is 21.5. The third kappa shape index (κ3) is 5.00. The molecule has 1 aromatic heterocycles. The largest absolute Gasteiger partial charge is 0.490 e. The van der Waals surface area contributed by atoms with Crippen molar-refractivity contribution in [1.82, 2.24) is 10.6 Å². The second kappa shape index (κ2) is 11.4. The van der Waals surface area contributed by atoms with Crippen molar-refractivity contribution in [3.05, 3.63) is 70.1 Å². The molecular formula is C32H37N5O5S. The minimum atomic E-state index is -1.56. The highest BCUT2D eigenvalue weighted by atomic mass is 32.1. The van der Waals surface area contributed by atoms with Gasteiger partial charge in [0.2, 0.25) is 5.91 Å².